The summed E-state index contributed by atoms with van der Waals surface area (Å²) in [4.78, 5) is 26.4. The molecule has 4 atom stereocenters. The predicted molar refractivity (Wildman–Crippen MR) is 71.5 cm³/mol. The molecule has 2 aliphatic heterocycles. The molecule has 0 bridgehead atoms. The fourth-order valence-corrected chi connectivity index (χ4v) is 3.02. The number of carbonyl (C=O) groups excluding carboxylic acids is 2. The van der Waals surface area contributed by atoms with Crippen molar-refractivity contribution in [1.82, 2.24) is 10.2 Å². The first-order chi connectivity index (χ1) is 8.91. The van der Waals surface area contributed by atoms with E-state index in [0.717, 1.165) is 6.42 Å². The van der Waals surface area contributed by atoms with Gasteiger partial charge < -0.3 is 15.0 Å². The van der Waals surface area contributed by atoms with Crippen LogP contribution in [0.3, 0.4) is 0 Å². The number of hydrogen-bond acceptors (Lipinski definition) is 3. The minimum absolute atomic E-state index is 0.0111. The van der Waals surface area contributed by atoms with Crippen LogP contribution in [0.15, 0.2) is 0 Å². The monoisotopic (exact) mass is 268 g/mol. The Kier molecular flexibility index (Phi) is 4.13. The Balaban J connectivity index is 2.18. The summed E-state index contributed by atoms with van der Waals surface area (Å²) in [5, 5.41) is 2.84. The molecule has 5 heteroatoms. The number of ether oxygens (including phenoxy) is 1. The van der Waals surface area contributed by atoms with Crippen LogP contribution in [0.5, 0.6) is 0 Å². The molecule has 0 saturated carbocycles. The average Bonchev–Trinajstić information content (AvgIpc) is 2.72. The van der Waals surface area contributed by atoms with Crippen LogP contribution < -0.4 is 5.32 Å². The first kappa shape index (κ1) is 14.3. The van der Waals surface area contributed by atoms with Gasteiger partial charge in [-0.25, -0.2) is 0 Å². The zero-order chi connectivity index (χ0) is 14.2. The van der Waals surface area contributed by atoms with Crippen molar-refractivity contribution in [2.24, 2.45) is 5.92 Å². The number of carbonyl (C=O) groups is 2. The molecule has 2 heterocycles. The molecule has 2 rings (SSSR count). The van der Waals surface area contributed by atoms with Crippen molar-refractivity contribution in [3.63, 3.8) is 0 Å². The maximum absolute atomic E-state index is 12.6. The molecule has 2 fully saturated rings. The first-order valence-corrected chi connectivity index (χ1v) is 7.16. The smallest absolute Gasteiger partial charge is 0.246 e. The van der Waals surface area contributed by atoms with Gasteiger partial charge in [-0.1, -0.05) is 13.8 Å². The highest BCUT2D eigenvalue weighted by Crippen LogP contribution is 2.26. The molecule has 0 radical (unpaired) electrons. The Hall–Kier alpha value is -1.10. The van der Waals surface area contributed by atoms with E-state index < -0.39 is 6.04 Å². The summed E-state index contributed by atoms with van der Waals surface area (Å²) >= 11 is 0. The van der Waals surface area contributed by atoms with Crippen molar-refractivity contribution in [3.05, 3.63) is 0 Å². The van der Waals surface area contributed by atoms with E-state index in [1.54, 1.807) is 11.8 Å². The van der Waals surface area contributed by atoms with Gasteiger partial charge in [-0.15, -0.1) is 0 Å². The van der Waals surface area contributed by atoms with E-state index in [0.29, 0.717) is 18.9 Å². The van der Waals surface area contributed by atoms with Crippen LogP contribution >= 0.6 is 0 Å². The van der Waals surface area contributed by atoms with Crippen molar-refractivity contribution >= 4 is 11.8 Å². The van der Waals surface area contributed by atoms with Crippen molar-refractivity contribution in [2.45, 2.75) is 64.8 Å². The largest absolute Gasteiger partial charge is 0.376 e. The normalized spacial score (nSPS) is 35.9. The fourth-order valence-electron chi connectivity index (χ4n) is 3.02. The van der Waals surface area contributed by atoms with Gasteiger partial charge >= 0.3 is 0 Å². The summed E-state index contributed by atoms with van der Waals surface area (Å²) in [5.74, 6) is 0.370. The van der Waals surface area contributed by atoms with E-state index in [2.05, 4.69) is 19.2 Å². The zero-order valence-electron chi connectivity index (χ0n) is 12.2. The lowest BCUT2D eigenvalue weighted by Gasteiger charge is -2.42. The molecular formula is C14H24N2O3. The molecule has 0 aromatic carbocycles. The molecule has 5 nitrogen and oxygen atoms in total. The highest BCUT2D eigenvalue weighted by Gasteiger charge is 2.44. The molecule has 0 aliphatic carbocycles. The maximum Gasteiger partial charge on any atom is 0.246 e. The number of piperazine rings is 1. The topological polar surface area (TPSA) is 58.6 Å². The summed E-state index contributed by atoms with van der Waals surface area (Å²) in [5.41, 5.74) is 0. The number of hydrogen-bond donors (Lipinski definition) is 1. The molecule has 0 aromatic rings. The lowest BCUT2D eigenvalue weighted by atomic mass is 9.96. The Morgan fingerprint density at radius 1 is 1.37 bits per heavy atom. The second-order valence-corrected chi connectivity index (χ2v) is 6.04. The van der Waals surface area contributed by atoms with Crippen LogP contribution in [0.1, 0.15) is 40.5 Å². The molecule has 2 saturated heterocycles. The summed E-state index contributed by atoms with van der Waals surface area (Å²) < 4.78 is 5.54. The first-order valence-electron chi connectivity index (χ1n) is 7.16. The van der Waals surface area contributed by atoms with E-state index >= 15 is 0 Å². The molecule has 2 amide bonds. The second-order valence-electron chi connectivity index (χ2n) is 6.04. The van der Waals surface area contributed by atoms with E-state index in [1.165, 1.54) is 0 Å². The SMILES string of the molecule is CC(C)CC1NC(=O)C(C)N(C2CCOC2C)C1=O. The van der Waals surface area contributed by atoms with Gasteiger partial charge in [0.2, 0.25) is 11.8 Å². The van der Waals surface area contributed by atoms with E-state index in [-0.39, 0.29) is 30.0 Å². The maximum atomic E-state index is 12.6. The molecule has 2 aliphatic rings. The number of amides is 2. The minimum atomic E-state index is -0.398. The third-order valence-corrected chi connectivity index (χ3v) is 4.07. The van der Waals surface area contributed by atoms with E-state index in [1.807, 2.05) is 6.92 Å². The van der Waals surface area contributed by atoms with Gasteiger partial charge in [0.15, 0.2) is 0 Å². The Morgan fingerprint density at radius 2 is 2.05 bits per heavy atom. The fraction of sp³-hybridized carbons (Fsp3) is 0.857. The number of nitrogens with zero attached hydrogens (tertiary/aromatic N) is 1. The van der Waals surface area contributed by atoms with Gasteiger partial charge in [0, 0.05) is 6.61 Å². The zero-order valence-corrected chi connectivity index (χ0v) is 12.2. The van der Waals surface area contributed by atoms with Crippen molar-refractivity contribution in [3.8, 4) is 0 Å². The van der Waals surface area contributed by atoms with Gasteiger partial charge in [-0.2, -0.15) is 0 Å². The molecule has 0 aromatic heterocycles. The molecule has 19 heavy (non-hydrogen) atoms. The van der Waals surface area contributed by atoms with Crippen LogP contribution in [-0.2, 0) is 14.3 Å². The van der Waals surface area contributed by atoms with Crippen LogP contribution in [0.25, 0.3) is 0 Å². The summed E-state index contributed by atoms with van der Waals surface area (Å²) in [6, 6.07) is -0.746. The minimum Gasteiger partial charge on any atom is -0.376 e. The lowest BCUT2D eigenvalue weighted by Crippen LogP contribution is -2.65. The average molecular weight is 268 g/mol. The van der Waals surface area contributed by atoms with E-state index in [9.17, 15) is 9.59 Å². The van der Waals surface area contributed by atoms with Gasteiger partial charge in [-0.05, 0) is 32.6 Å². The van der Waals surface area contributed by atoms with Crippen molar-refractivity contribution in [2.75, 3.05) is 6.61 Å². The number of nitrogens with one attached hydrogen (secondary N) is 1. The van der Waals surface area contributed by atoms with Crippen LogP contribution in [0.4, 0.5) is 0 Å². The third-order valence-electron chi connectivity index (χ3n) is 4.07. The summed E-state index contributed by atoms with van der Waals surface area (Å²) in [6.07, 6.45) is 1.52. The van der Waals surface area contributed by atoms with Gasteiger partial charge in [0.05, 0.1) is 12.1 Å². The lowest BCUT2D eigenvalue weighted by molar-refractivity contribution is -0.153. The van der Waals surface area contributed by atoms with Crippen LogP contribution in [-0.4, -0.2) is 47.6 Å². The molecule has 1 N–H and O–H groups in total. The molecule has 0 spiro atoms. The highest BCUT2D eigenvalue weighted by atomic mass is 16.5. The van der Waals surface area contributed by atoms with Gasteiger partial charge in [0.1, 0.15) is 12.1 Å². The second kappa shape index (κ2) is 5.49. The van der Waals surface area contributed by atoms with Crippen molar-refractivity contribution < 1.29 is 14.3 Å². The predicted octanol–water partition coefficient (Wildman–Crippen LogP) is 0.925. The van der Waals surface area contributed by atoms with Gasteiger partial charge in [-0.3, -0.25) is 9.59 Å². The molecular weight excluding hydrogens is 244 g/mol. The molecule has 4 unspecified atom stereocenters. The number of rotatable bonds is 3. The molecule has 108 valence electrons. The van der Waals surface area contributed by atoms with Crippen LogP contribution in [0.2, 0.25) is 0 Å². The third kappa shape index (κ3) is 2.76. The van der Waals surface area contributed by atoms with Crippen LogP contribution in [0, 0.1) is 5.92 Å². The van der Waals surface area contributed by atoms with Crippen molar-refractivity contribution in [1.29, 1.82) is 0 Å². The summed E-state index contributed by atoms with van der Waals surface area (Å²) in [6.45, 7) is 8.55. The highest BCUT2D eigenvalue weighted by molar-refractivity contribution is 5.97. The van der Waals surface area contributed by atoms with E-state index in [4.69, 9.17) is 4.74 Å². The Morgan fingerprint density at radius 3 is 2.58 bits per heavy atom. The Labute approximate surface area is 114 Å². The Bertz CT molecular complexity index is 370. The standard InChI is InChI=1S/C14H24N2O3/c1-8(2)7-11-14(18)16(9(3)13(17)15-11)12-5-6-19-10(12)4/h8-12H,5-7H2,1-4H3,(H,15,17). The quantitative estimate of drug-likeness (QED) is 0.828. The van der Waals surface area contributed by atoms with Gasteiger partial charge in [0.25, 0.3) is 0 Å². The summed E-state index contributed by atoms with van der Waals surface area (Å²) in [7, 11) is 0.